The van der Waals surface area contributed by atoms with Crippen LogP contribution in [0, 0.1) is 6.92 Å². The number of halogens is 2. The zero-order valence-corrected chi connectivity index (χ0v) is 11.5. The van der Waals surface area contributed by atoms with Crippen molar-refractivity contribution in [3.63, 3.8) is 0 Å². The highest BCUT2D eigenvalue weighted by molar-refractivity contribution is 5.94. The summed E-state index contributed by atoms with van der Waals surface area (Å²) in [4.78, 5) is 0. The first-order valence-corrected chi connectivity index (χ1v) is 6.37. The summed E-state index contributed by atoms with van der Waals surface area (Å²) in [5, 5.41) is 7.89. The molecule has 0 bridgehead atoms. The molecule has 1 saturated carbocycles. The molecule has 1 aliphatic carbocycles. The van der Waals surface area contributed by atoms with E-state index in [1.54, 1.807) is 20.1 Å². The zero-order chi connectivity index (χ0) is 14.1. The Morgan fingerprint density at radius 3 is 2.53 bits per heavy atom. The Morgan fingerprint density at radius 2 is 2.00 bits per heavy atom. The third-order valence-corrected chi connectivity index (χ3v) is 3.71. The largest absolute Gasteiger partial charge is 0.250 e. The highest BCUT2D eigenvalue weighted by Crippen LogP contribution is 2.54. The molecule has 102 valence electrons. The molecule has 0 aromatic heterocycles. The lowest BCUT2D eigenvalue weighted by molar-refractivity contribution is -0.105. The molecule has 1 aliphatic rings. The first-order valence-electron chi connectivity index (χ1n) is 6.37. The summed E-state index contributed by atoms with van der Waals surface area (Å²) in [6.45, 7) is 5.50. The Balaban J connectivity index is 2.43. The van der Waals surface area contributed by atoms with Crippen LogP contribution >= 0.6 is 0 Å². The normalized spacial score (nSPS) is 21.4. The van der Waals surface area contributed by atoms with Gasteiger partial charge in [-0.1, -0.05) is 29.8 Å². The number of hydrogen-bond donors (Lipinski definition) is 0. The molecule has 4 heteroatoms. The molecule has 0 atom stereocenters. The quantitative estimate of drug-likeness (QED) is 0.579. The van der Waals surface area contributed by atoms with Crippen molar-refractivity contribution in [3.05, 3.63) is 35.4 Å². The van der Waals surface area contributed by atoms with Gasteiger partial charge in [0.2, 0.25) is 0 Å². The SMILES string of the molecule is C/C=N\N=C(/C)C1(c2cccc(C)c2)CC(F)(F)C1. The molecule has 0 N–H and O–H groups in total. The van der Waals surface area contributed by atoms with E-state index < -0.39 is 11.3 Å². The summed E-state index contributed by atoms with van der Waals surface area (Å²) in [6.07, 6.45) is 1.19. The van der Waals surface area contributed by atoms with Gasteiger partial charge >= 0.3 is 0 Å². The van der Waals surface area contributed by atoms with Crippen LogP contribution in [0.3, 0.4) is 0 Å². The van der Waals surface area contributed by atoms with Gasteiger partial charge in [0.1, 0.15) is 0 Å². The molecule has 0 saturated heterocycles. The van der Waals surface area contributed by atoms with Crippen LogP contribution in [0.2, 0.25) is 0 Å². The minimum Gasteiger partial charge on any atom is -0.207 e. The summed E-state index contributed by atoms with van der Waals surface area (Å²) in [5.74, 6) is -2.60. The third-order valence-electron chi connectivity index (χ3n) is 3.71. The van der Waals surface area contributed by atoms with E-state index in [0.717, 1.165) is 11.1 Å². The number of hydrogen-bond acceptors (Lipinski definition) is 2. The van der Waals surface area contributed by atoms with Gasteiger partial charge in [0.05, 0.1) is 0 Å². The average molecular weight is 264 g/mol. The summed E-state index contributed by atoms with van der Waals surface area (Å²) < 4.78 is 26.8. The van der Waals surface area contributed by atoms with Gasteiger partial charge < -0.3 is 0 Å². The minimum absolute atomic E-state index is 0.183. The van der Waals surface area contributed by atoms with Crippen LogP contribution in [-0.4, -0.2) is 17.8 Å². The molecule has 1 aromatic rings. The molecular formula is C15H18F2N2. The second kappa shape index (κ2) is 4.83. The molecule has 0 unspecified atom stereocenters. The van der Waals surface area contributed by atoms with E-state index in [9.17, 15) is 8.78 Å². The maximum atomic E-state index is 13.4. The zero-order valence-electron chi connectivity index (χ0n) is 11.5. The van der Waals surface area contributed by atoms with Gasteiger partial charge in [-0.2, -0.15) is 10.2 Å². The Kier molecular flexibility index (Phi) is 3.52. The highest BCUT2D eigenvalue weighted by Gasteiger charge is 2.59. The fourth-order valence-corrected chi connectivity index (χ4v) is 2.68. The van der Waals surface area contributed by atoms with E-state index in [4.69, 9.17) is 0 Å². The number of aryl methyl sites for hydroxylation is 1. The molecule has 0 amide bonds. The van der Waals surface area contributed by atoms with Crippen LogP contribution in [0.25, 0.3) is 0 Å². The van der Waals surface area contributed by atoms with E-state index in [2.05, 4.69) is 10.2 Å². The van der Waals surface area contributed by atoms with E-state index in [1.807, 2.05) is 31.2 Å². The first-order chi connectivity index (χ1) is 8.89. The highest BCUT2D eigenvalue weighted by atomic mass is 19.3. The predicted molar refractivity (Wildman–Crippen MR) is 74.3 cm³/mol. The fourth-order valence-electron chi connectivity index (χ4n) is 2.68. The predicted octanol–water partition coefficient (Wildman–Crippen LogP) is 4.13. The number of nitrogens with zero attached hydrogens (tertiary/aromatic N) is 2. The Bertz CT molecular complexity index is 525. The van der Waals surface area contributed by atoms with Gasteiger partial charge in [-0.15, -0.1) is 0 Å². The smallest absolute Gasteiger partial charge is 0.207 e. The van der Waals surface area contributed by atoms with Gasteiger partial charge in [0.15, 0.2) is 0 Å². The topological polar surface area (TPSA) is 24.7 Å². The summed E-state index contributed by atoms with van der Waals surface area (Å²) >= 11 is 0. The van der Waals surface area contributed by atoms with E-state index in [0.29, 0.717) is 5.71 Å². The van der Waals surface area contributed by atoms with Gasteiger partial charge in [0, 0.05) is 30.2 Å². The van der Waals surface area contributed by atoms with Crippen LogP contribution in [0.1, 0.15) is 37.8 Å². The Labute approximate surface area is 112 Å². The minimum atomic E-state index is -2.60. The standard InChI is InChI=1S/C15H18F2N2/c1-4-18-19-12(3)14(9-15(16,17)10-14)13-7-5-6-11(2)8-13/h4-8H,9-10H2,1-3H3/b18-4-,19-12+. The second-order valence-electron chi connectivity index (χ2n) is 5.22. The average Bonchev–Trinajstić information content (AvgIpc) is 2.32. The second-order valence-corrected chi connectivity index (χ2v) is 5.22. The molecule has 0 radical (unpaired) electrons. The Morgan fingerprint density at radius 1 is 1.32 bits per heavy atom. The van der Waals surface area contributed by atoms with Gasteiger partial charge in [0.25, 0.3) is 5.92 Å². The van der Waals surface area contributed by atoms with Crippen molar-refractivity contribution in [1.29, 1.82) is 0 Å². The van der Waals surface area contributed by atoms with Crippen LogP contribution < -0.4 is 0 Å². The van der Waals surface area contributed by atoms with Crippen LogP contribution in [0.15, 0.2) is 34.5 Å². The van der Waals surface area contributed by atoms with Crippen molar-refractivity contribution < 1.29 is 8.78 Å². The Hall–Kier alpha value is -1.58. The lowest BCUT2D eigenvalue weighted by Gasteiger charge is -2.47. The summed E-state index contributed by atoms with van der Waals surface area (Å²) in [6, 6.07) is 7.73. The molecule has 0 heterocycles. The van der Waals surface area contributed by atoms with Gasteiger partial charge in [-0.05, 0) is 26.3 Å². The van der Waals surface area contributed by atoms with E-state index in [1.165, 1.54) is 0 Å². The van der Waals surface area contributed by atoms with Gasteiger partial charge in [-0.3, -0.25) is 0 Å². The van der Waals surface area contributed by atoms with Crippen molar-refractivity contribution in [3.8, 4) is 0 Å². The molecule has 0 aliphatic heterocycles. The number of alkyl halides is 2. The van der Waals surface area contributed by atoms with Crippen molar-refractivity contribution in [2.75, 3.05) is 0 Å². The monoisotopic (exact) mass is 264 g/mol. The lowest BCUT2D eigenvalue weighted by Crippen LogP contribution is -2.53. The van der Waals surface area contributed by atoms with Crippen LogP contribution in [0.5, 0.6) is 0 Å². The first kappa shape index (κ1) is 13.8. The third kappa shape index (κ3) is 2.57. The van der Waals surface area contributed by atoms with E-state index in [-0.39, 0.29) is 12.8 Å². The molecular weight excluding hydrogens is 246 g/mol. The van der Waals surface area contributed by atoms with Crippen molar-refractivity contribution in [2.45, 2.75) is 45.0 Å². The molecule has 0 spiro atoms. The summed E-state index contributed by atoms with van der Waals surface area (Å²) in [7, 11) is 0. The van der Waals surface area contributed by atoms with Crippen LogP contribution in [0.4, 0.5) is 8.78 Å². The summed E-state index contributed by atoms with van der Waals surface area (Å²) in [5.41, 5.74) is 1.97. The van der Waals surface area contributed by atoms with Gasteiger partial charge in [-0.25, -0.2) is 8.78 Å². The molecule has 1 fully saturated rings. The van der Waals surface area contributed by atoms with Crippen molar-refractivity contribution >= 4 is 11.9 Å². The maximum Gasteiger partial charge on any atom is 0.250 e. The van der Waals surface area contributed by atoms with Crippen LogP contribution in [-0.2, 0) is 5.41 Å². The molecule has 1 aromatic carbocycles. The molecule has 2 nitrogen and oxygen atoms in total. The number of rotatable bonds is 3. The van der Waals surface area contributed by atoms with Crippen molar-refractivity contribution in [2.24, 2.45) is 10.2 Å². The molecule has 2 rings (SSSR count). The lowest BCUT2D eigenvalue weighted by atomic mass is 9.59. The van der Waals surface area contributed by atoms with Crippen molar-refractivity contribution in [1.82, 2.24) is 0 Å². The molecule has 19 heavy (non-hydrogen) atoms. The maximum absolute atomic E-state index is 13.4. The van der Waals surface area contributed by atoms with E-state index >= 15 is 0 Å². The fraction of sp³-hybridized carbons (Fsp3) is 0.467. The number of benzene rings is 1.